The molecule has 0 saturated heterocycles. The number of aromatic nitrogens is 5. The van der Waals surface area contributed by atoms with Crippen LogP contribution in [0.5, 0.6) is 0 Å². The highest BCUT2D eigenvalue weighted by Gasteiger charge is 2.29. The molecule has 0 unspecified atom stereocenters. The van der Waals surface area contributed by atoms with Gasteiger partial charge in [0.2, 0.25) is 21.9 Å². The van der Waals surface area contributed by atoms with Gasteiger partial charge >= 0.3 is 6.03 Å². The molecule has 0 aliphatic rings. The number of thiazole rings is 1. The molecule has 4 rings (SSSR count). The summed E-state index contributed by atoms with van der Waals surface area (Å²) >= 11 is 1.34. The number of benzene rings is 1. The maximum atomic E-state index is 12.5. The second-order valence-corrected chi connectivity index (χ2v) is 13.0. The molecule has 3 aromatic heterocycles. The quantitative estimate of drug-likeness (QED) is 0.307. The molecular weight excluding hydrogens is 526 g/mol. The molecule has 0 saturated carbocycles. The monoisotopic (exact) mass is 555 g/mol. The third-order valence-corrected chi connectivity index (χ3v) is 8.50. The van der Waals surface area contributed by atoms with Crippen LogP contribution in [0.2, 0.25) is 0 Å². The van der Waals surface area contributed by atoms with E-state index in [0.29, 0.717) is 28.7 Å². The van der Waals surface area contributed by atoms with Crippen LogP contribution >= 0.6 is 11.3 Å². The van der Waals surface area contributed by atoms with Gasteiger partial charge in [-0.05, 0) is 45.4 Å². The van der Waals surface area contributed by atoms with E-state index in [0.717, 1.165) is 21.4 Å². The van der Waals surface area contributed by atoms with Gasteiger partial charge in [0.25, 0.3) is 0 Å². The smallest absolute Gasteiger partial charge is 0.321 e. The fourth-order valence-corrected chi connectivity index (χ4v) is 4.89. The maximum Gasteiger partial charge on any atom is 0.321 e. The Hall–Kier alpha value is -3.91. The lowest BCUT2D eigenvalue weighted by Gasteiger charge is -2.19. The number of hydrogen-bond acceptors (Lipinski definition) is 10. The Morgan fingerprint density at radius 1 is 0.974 bits per heavy atom. The highest BCUT2D eigenvalue weighted by molar-refractivity contribution is 7.94. The number of urea groups is 1. The number of rotatable bonds is 7. The summed E-state index contributed by atoms with van der Waals surface area (Å²) in [5, 5.41) is 5.90. The van der Waals surface area contributed by atoms with Crippen molar-refractivity contribution in [2.75, 3.05) is 35.6 Å². The zero-order valence-corrected chi connectivity index (χ0v) is 23.5. The van der Waals surface area contributed by atoms with Gasteiger partial charge in [-0.1, -0.05) is 11.3 Å². The first-order chi connectivity index (χ1) is 17.9. The van der Waals surface area contributed by atoms with Gasteiger partial charge < -0.3 is 10.2 Å². The second-order valence-electron chi connectivity index (χ2n) is 9.55. The minimum absolute atomic E-state index is 0.0141. The van der Waals surface area contributed by atoms with E-state index >= 15 is 0 Å². The molecule has 14 heteroatoms. The SMILES string of the molecule is CCNC(=O)Nc1nc2cc(-c3cnc(NS(=O)(=O)C(C)(C)C)nc3)cc(-c3cnc(N(C)C)nc3)c2s1. The van der Waals surface area contributed by atoms with Crippen molar-refractivity contribution in [3.05, 3.63) is 36.9 Å². The number of fused-ring (bicyclic) bond motifs is 1. The minimum atomic E-state index is -3.66. The molecule has 12 nitrogen and oxygen atoms in total. The van der Waals surface area contributed by atoms with Crippen LogP contribution in [0.1, 0.15) is 27.7 Å². The van der Waals surface area contributed by atoms with Crippen LogP contribution in [0.3, 0.4) is 0 Å². The van der Waals surface area contributed by atoms with E-state index < -0.39 is 14.8 Å². The summed E-state index contributed by atoms with van der Waals surface area (Å²) in [6.45, 7) is 7.11. The van der Waals surface area contributed by atoms with E-state index in [1.54, 1.807) is 45.6 Å². The number of sulfonamides is 1. The highest BCUT2D eigenvalue weighted by Crippen LogP contribution is 2.38. The summed E-state index contributed by atoms with van der Waals surface area (Å²) < 4.78 is 27.2. The molecule has 0 radical (unpaired) electrons. The van der Waals surface area contributed by atoms with Gasteiger partial charge in [0.05, 0.1) is 15.0 Å². The summed E-state index contributed by atoms with van der Waals surface area (Å²) in [4.78, 5) is 35.8. The Kier molecular flexibility index (Phi) is 7.47. The third-order valence-electron chi connectivity index (χ3n) is 5.41. The van der Waals surface area contributed by atoms with Gasteiger partial charge in [-0.2, -0.15) is 0 Å². The molecule has 38 heavy (non-hydrogen) atoms. The highest BCUT2D eigenvalue weighted by atomic mass is 32.2. The zero-order valence-electron chi connectivity index (χ0n) is 21.9. The maximum absolute atomic E-state index is 12.5. The number of carbonyl (C=O) groups is 1. The first kappa shape index (κ1) is 27.1. The summed E-state index contributed by atoms with van der Waals surface area (Å²) in [7, 11) is 0.0637. The average Bonchev–Trinajstić information content (AvgIpc) is 3.25. The van der Waals surface area contributed by atoms with Crippen molar-refractivity contribution in [2.45, 2.75) is 32.4 Å². The fourth-order valence-electron chi connectivity index (χ4n) is 3.26. The lowest BCUT2D eigenvalue weighted by molar-refractivity contribution is 0.252. The molecule has 1 aromatic carbocycles. The normalized spacial score (nSPS) is 11.8. The van der Waals surface area contributed by atoms with Crippen LogP contribution in [0.4, 0.5) is 21.8 Å². The van der Waals surface area contributed by atoms with Crippen molar-refractivity contribution >= 4 is 54.6 Å². The van der Waals surface area contributed by atoms with Gasteiger partial charge in [-0.15, -0.1) is 0 Å². The lowest BCUT2D eigenvalue weighted by Crippen LogP contribution is -2.34. The van der Waals surface area contributed by atoms with E-state index in [4.69, 9.17) is 0 Å². The fraction of sp³-hybridized carbons (Fsp3) is 0.333. The van der Waals surface area contributed by atoms with Crippen molar-refractivity contribution < 1.29 is 13.2 Å². The zero-order chi connectivity index (χ0) is 27.7. The van der Waals surface area contributed by atoms with Gasteiger partial charge in [0.15, 0.2) is 5.13 Å². The number of amides is 2. The molecule has 0 bridgehead atoms. The van der Waals surface area contributed by atoms with Crippen molar-refractivity contribution in [3.8, 4) is 22.3 Å². The predicted molar refractivity (Wildman–Crippen MR) is 151 cm³/mol. The predicted octanol–water partition coefficient (Wildman–Crippen LogP) is 3.96. The first-order valence-electron chi connectivity index (χ1n) is 11.7. The van der Waals surface area contributed by atoms with Gasteiger partial charge in [0.1, 0.15) is 0 Å². The topological polar surface area (TPSA) is 155 Å². The van der Waals surface area contributed by atoms with Crippen molar-refractivity contribution in [3.63, 3.8) is 0 Å². The van der Waals surface area contributed by atoms with Crippen LogP contribution in [-0.4, -0.2) is 64.8 Å². The Bertz CT molecular complexity index is 1560. The van der Waals surface area contributed by atoms with Crippen molar-refractivity contribution in [2.24, 2.45) is 0 Å². The molecule has 0 spiro atoms. The van der Waals surface area contributed by atoms with Crippen LogP contribution in [0.25, 0.3) is 32.5 Å². The van der Waals surface area contributed by atoms with E-state index in [9.17, 15) is 13.2 Å². The van der Waals surface area contributed by atoms with Crippen LogP contribution in [-0.2, 0) is 10.0 Å². The summed E-state index contributed by atoms with van der Waals surface area (Å²) in [5.74, 6) is 0.561. The second kappa shape index (κ2) is 10.5. The number of carbonyl (C=O) groups excluding carboxylic acids is 1. The molecule has 0 atom stereocenters. The molecule has 0 aliphatic carbocycles. The Morgan fingerprint density at radius 3 is 2.18 bits per heavy atom. The summed E-state index contributed by atoms with van der Waals surface area (Å²) in [5.41, 5.74) is 3.66. The molecular formula is C24H29N9O3S2. The minimum Gasteiger partial charge on any atom is -0.347 e. The van der Waals surface area contributed by atoms with Crippen LogP contribution in [0.15, 0.2) is 36.9 Å². The molecule has 0 fully saturated rings. The molecule has 4 aromatic rings. The Morgan fingerprint density at radius 2 is 1.61 bits per heavy atom. The molecule has 200 valence electrons. The van der Waals surface area contributed by atoms with Crippen LogP contribution < -0.4 is 20.3 Å². The standard InChI is InChI=1S/C24H29N9O3S2/c1-7-25-22(34)31-23-30-18-9-14(15-10-26-20(27-11-15)32-38(35,36)24(2,3)4)8-17(19(18)37-23)16-12-28-21(29-13-16)33(5)6/h8-13H,7H2,1-6H3,(H,26,27,32)(H2,25,30,31,34). The summed E-state index contributed by atoms with van der Waals surface area (Å²) in [6.07, 6.45) is 6.56. The summed E-state index contributed by atoms with van der Waals surface area (Å²) in [6, 6.07) is 3.47. The van der Waals surface area contributed by atoms with E-state index in [2.05, 4.69) is 40.3 Å². The number of nitrogens with zero attached hydrogens (tertiary/aromatic N) is 6. The Labute approximate surface area is 225 Å². The van der Waals surface area contributed by atoms with Crippen molar-refractivity contribution in [1.82, 2.24) is 30.2 Å². The van der Waals surface area contributed by atoms with Crippen molar-refractivity contribution in [1.29, 1.82) is 0 Å². The number of hydrogen-bond donors (Lipinski definition) is 3. The lowest BCUT2D eigenvalue weighted by atomic mass is 10.0. The van der Waals surface area contributed by atoms with Gasteiger partial charge in [-0.25, -0.2) is 38.1 Å². The van der Waals surface area contributed by atoms with E-state index in [1.165, 1.54) is 11.3 Å². The van der Waals surface area contributed by atoms with Gasteiger partial charge in [-0.3, -0.25) is 10.0 Å². The number of anilines is 3. The average molecular weight is 556 g/mol. The molecule has 3 heterocycles. The number of nitrogens with one attached hydrogen (secondary N) is 3. The Balaban J connectivity index is 1.76. The molecule has 3 N–H and O–H groups in total. The first-order valence-corrected chi connectivity index (χ1v) is 14.0. The van der Waals surface area contributed by atoms with Crippen LogP contribution in [0, 0.1) is 0 Å². The largest absolute Gasteiger partial charge is 0.347 e. The van der Waals surface area contributed by atoms with Gasteiger partial charge in [0, 0.05) is 62.1 Å². The van der Waals surface area contributed by atoms with E-state index in [1.807, 2.05) is 38.1 Å². The third kappa shape index (κ3) is 5.81. The molecule has 2 amide bonds. The molecule has 0 aliphatic heterocycles. The van der Waals surface area contributed by atoms with E-state index in [-0.39, 0.29) is 12.0 Å².